The molecule has 0 heterocycles. The summed E-state index contributed by atoms with van der Waals surface area (Å²) < 4.78 is 6.24. The number of benzene rings is 2. The molecule has 0 bridgehead atoms. The normalized spacial score (nSPS) is 10.0. The van der Waals surface area contributed by atoms with Crippen LogP contribution >= 0.6 is 15.9 Å². The van der Waals surface area contributed by atoms with E-state index in [2.05, 4.69) is 21.2 Å². The molecule has 0 unspecified atom stereocenters. The number of nitrogens with zero attached hydrogens (tertiary/aromatic N) is 1. The predicted molar refractivity (Wildman–Crippen MR) is 89.2 cm³/mol. The van der Waals surface area contributed by atoms with Gasteiger partial charge in [-0.05, 0) is 59.3 Å². The Hall–Kier alpha value is -2.01. The van der Waals surface area contributed by atoms with Gasteiger partial charge in [0.2, 0.25) is 0 Å². The molecule has 4 nitrogen and oxygen atoms in total. The van der Waals surface area contributed by atoms with Crippen LogP contribution in [0.2, 0.25) is 0 Å². The van der Waals surface area contributed by atoms with Crippen LogP contribution in [0.25, 0.3) is 0 Å². The lowest BCUT2D eigenvalue weighted by Crippen LogP contribution is -2.31. The lowest BCUT2D eigenvalue weighted by molar-refractivity contribution is 0.258. The Labute approximate surface area is 132 Å². The van der Waals surface area contributed by atoms with Gasteiger partial charge in [0.25, 0.3) is 0 Å². The van der Waals surface area contributed by atoms with Gasteiger partial charge in [0.15, 0.2) is 0 Å². The van der Waals surface area contributed by atoms with Gasteiger partial charge in [0.05, 0.1) is 12.3 Å². The average Bonchev–Trinajstić information content (AvgIpc) is 2.49. The number of rotatable bonds is 4. The molecule has 1 N–H and O–H groups in total. The molecule has 5 heteroatoms. The van der Waals surface area contributed by atoms with E-state index in [1.807, 2.05) is 55.5 Å². The Kier molecular flexibility index (Phi) is 5.22. The van der Waals surface area contributed by atoms with Gasteiger partial charge in [-0.3, -0.25) is 4.90 Å². The number of hydrogen-bond acceptors (Lipinski definition) is 2. The standard InChI is InChI=1S/C16H17BrN2O2/c1-3-21-13-10-8-12(9-11-13)18-16(20)19(2)15-7-5-4-6-14(15)17/h4-11H,3H2,1-2H3,(H,18,20). The first-order valence-electron chi connectivity index (χ1n) is 6.64. The summed E-state index contributed by atoms with van der Waals surface area (Å²) in [5.41, 5.74) is 1.53. The summed E-state index contributed by atoms with van der Waals surface area (Å²) in [7, 11) is 1.73. The summed E-state index contributed by atoms with van der Waals surface area (Å²) in [6.45, 7) is 2.55. The zero-order valence-electron chi connectivity index (χ0n) is 12.0. The van der Waals surface area contributed by atoms with E-state index in [1.165, 1.54) is 0 Å². The van der Waals surface area contributed by atoms with E-state index in [0.717, 1.165) is 21.6 Å². The van der Waals surface area contributed by atoms with Gasteiger partial charge in [0.1, 0.15) is 5.75 Å². The van der Waals surface area contributed by atoms with Gasteiger partial charge in [0, 0.05) is 17.2 Å². The second-order valence-corrected chi connectivity index (χ2v) is 5.25. The number of urea groups is 1. The molecule has 0 fully saturated rings. The van der Waals surface area contributed by atoms with Gasteiger partial charge in [-0.15, -0.1) is 0 Å². The van der Waals surface area contributed by atoms with Gasteiger partial charge < -0.3 is 10.1 Å². The van der Waals surface area contributed by atoms with Crippen molar-refractivity contribution < 1.29 is 9.53 Å². The van der Waals surface area contributed by atoms with Crippen LogP contribution in [0, 0.1) is 0 Å². The Balaban J connectivity index is 2.05. The number of carbonyl (C=O) groups excluding carboxylic acids is 1. The maximum atomic E-state index is 12.2. The van der Waals surface area contributed by atoms with Gasteiger partial charge >= 0.3 is 6.03 Å². The molecule has 0 aromatic heterocycles. The highest BCUT2D eigenvalue weighted by molar-refractivity contribution is 9.10. The summed E-state index contributed by atoms with van der Waals surface area (Å²) in [5.74, 6) is 0.787. The first kappa shape index (κ1) is 15.4. The Morgan fingerprint density at radius 1 is 1.19 bits per heavy atom. The summed E-state index contributed by atoms with van der Waals surface area (Å²) in [4.78, 5) is 13.8. The second-order valence-electron chi connectivity index (χ2n) is 4.40. The third-order valence-corrected chi connectivity index (χ3v) is 3.61. The monoisotopic (exact) mass is 348 g/mol. The molecular formula is C16H17BrN2O2. The highest BCUT2D eigenvalue weighted by atomic mass is 79.9. The third kappa shape index (κ3) is 3.98. The minimum Gasteiger partial charge on any atom is -0.494 e. The molecule has 2 aromatic rings. The predicted octanol–water partition coefficient (Wildman–Crippen LogP) is 4.52. The number of ether oxygens (including phenoxy) is 1. The number of amides is 2. The zero-order valence-corrected chi connectivity index (χ0v) is 13.6. The van der Waals surface area contributed by atoms with E-state index in [0.29, 0.717) is 6.61 Å². The largest absolute Gasteiger partial charge is 0.494 e. The number of halogens is 1. The molecule has 0 aliphatic rings. The van der Waals surface area contributed by atoms with Crippen LogP contribution in [-0.2, 0) is 0 Å². The van der Waals surface area contributed by atoms with Crippen molar-refractivity contribution in [3.05, 3.63) is 53.0 Å². The van der Waals surface area contributed by atoms with E-state index in [9.17, 15) is 4.79 Å². The van der Waals surface area contributed by atoms with Crippen molar-refractivity contribution >= 4 is 33.3 Å². The zero-order chi connectivity index (χ0) is 15.2. The van der Waals surface area contributed by atoms with Crippen molar-refractivity contribution in [3.63, 3.8) is 0 Å². The van der Waals surface area contributed by atoms with Crippen molar-refractivity contribution in [1.82, 2.24) is 0 Å². The third-order valence-electron chi connectivity index (χ3n) is 2.94. The van der Waals surface area contributed by atoms with Gasteiger partial charge in [-0.2, -0.15) is 0 Å². The summed E-state index contributed by atoms with van der Waals surface area (Å²) >= 11 is 3.44. The highest BCUT2D eigenvalue weighted by Crippen LogP contribution is 2.25. The fraction of sp³-hybridized carbons (Fsp3) is 0.188. The first-order chi connectivity index (χ1) is 10.1. The summed E-state index contributed by atoms with van der Waals surface area (Å²) in [5, 5.41) is 2.85. The van der Waals surface area contributed by atoms with Crippen molar-refractivity contribution in [2.24, 2.45) is 0 Å². The Bertz CT molecular complexity index is 614. The molecule has 2 aromatic carbocycles. The fourth-order valence-corrected chi connectivity index (χ4v) is 2.39. The van der Waals surface area contributed by atoms with Gasteiger partial charge in [-0.1, -0.05) is 12.1 Å². The first-order valence-corrected chi connectivity index (χ1v) is 7.43. The summed E-state index contributed by atoms with van der Waals surface area (Å²) in [6, 6.07) is 14.7. The van der Waals surface area contributed by atoms with Crippen molar-refractivity contribution in [2.75, 3.05) is 23.9 Å². The molecular weight excluding hydrogens is 332 g/mol. The van der Waals surface area contributed by atoms with Crippen molar-refractivity contribution in [3.8, 4) is 5.75 Å². The number of nitrogens with one attached hydrogen (secondary N) is 1. The van der Waals surface area contributed by atoms with Gasteiger partial charge in [-0.25, -0.2) is 4.79 Å². The molecule has 0 aliphatic carbocycles. The SMILES string of the molecule is CCOc1ccc(NC(=O)N(C)c2ccccc2Br)cc1. The molecule has 0 radical (unpaired) electrons. The number of para-hydroxylation sites is 1. The van der Waals surface area contributed by atoms with Crippen LogP contribution in [-0.4, -0.2) is 19.7 Å². The maximum absolute atomic E-state index is 12.2. The van der Waals surface area contributed by atoms with Crippen LogP contribution < -0.4 is 15.0 Å². The van der Waals surface area contributed by atoms with Crippen molar-refractivity contribution in [2.45, 2.75) is 6.92 Å². The Morgan fingerprint density at radius 2 is 1.86 bits per heavy atom. The van der Waals surface area contributed by atoms with Crippen LogP contribution in [0.1, 0.15) is 6.92 Å². The topological polar surface area (TPSA) is 41.6 Å². The number of hydrogen-bond donors (Lipinski definition) is 1. The molecule has 110 valence electrons. The lowest BCUT2D eigenvalue weighted by Gasteiger charge is -2.19. The highest BCUT2D eigenvalue weighted by Gasteiger charge is 2.13. The number of carbonyl (C=O) groups is 1. The van der Waals surface area contributed by atoms with Crippen LogP contribution in [0.3, 0.4) is 0 Å². The molecule has 0 spiro atoms. The minimum atomic E-state index is -0.203. The minimum absolute atomic E-state index is 0.203. The molecule has 2 rings (SSSR count). The number of anilines is 2. The average molecular weight is 349 g/mol. The van der Waals surface area contributed by atoms with E-state index >= 15 is 0 Å². The molecule has 21 heavy (non-hydrogen) atoms. The van der Waals surface area contributed by atoms with Crippen molar-refractivity contribution in [1.29, 1.82) is 0 Å². The molecule has 2 amide bonds. The maximum Gasteiger partial charge on any atom is 0.326 e. The molecule has 0 saturated carbocycles. The lowest BCUT2D eigenvalue weighted by atomic mass is 10.3. The van der Waals surface area contributed by atoms with E-state index in [-0.39, 0.29) is 6.03 Å². The van der Waals surface area contributed by atoms with E-state index < -0.39 is 0 Å². The van der Waals surface area contributed by atoms with E-state index in [4.69, 9.17) is 4.74 Å². The van der Waals surface area contributed by atoms with Crippen LogP contribution in [0.15, 0.2) is 53.0 Å². The second kappa shape index (κ2) is 7.13. The molecule has 0 atom stereocenters. The Morgan fingerprint density at radius 3 is 2.48 bits per heavy atom. The summed E-state index contributed by atoms with van der Waals surface area (Å²) in [6.07, 6.45) is 0. The molecule has 0 aliphatic heterocycles. The van der Waals surface area contributed by atoms with E-state index in [1.54, 1.807) is 11.9 Å². The molecule has 0 saturated heterocycles. The van der Waals surface area contributed by atoms with Crippen LogP contribution in [0.4, 0.5) is 16.2 Å². The van der Waals surface area contributed by atoms with Crippen LogP contribution in [0.5, 0.6) is 5.75 Å². The fourth-order valence-electron chi connectivity index (χ4n) is 1.84. The quantitative estimate of drug-likeness (QED) is 0.882. The smallest absolute Gasteiger partial charge is 0.326 e.